The van der Waals surface area contributed by atoms with Crippen molar-refractivity contribution in [3.63, 3.8) is 0 Å². The Kier molecular flexibility index (Phi) is 53.7. The van der Waals surface area contributed by atoms with Crippen molar-refractivity contribution < 1.29 is 28.2 Å². The van der Waals surface area contributed by atoms with Gasteiger partial charge in [-0.3, -0.25) is 9.78 Å². The molecule has 3 N–H and O–H groups in total. The van der Waals surface area contributed by atoms with Crippen molar-refractivity contribution in [1.29, 1.82) is 0 Å². The van der Waals surface area contributed by atoms with E-state index in [0.29, 0.717) is 75.2 Å². The van der Waals surface area contributed by atoms with Crippen molar-refractivity contribution in [1.82, 2.24) is 34.9 Å². The predicted octanol–water partition coefficient (Wildman–Crippen LogP) is 33.9. The molecule has 8 aromatic carbocycles. The minimum absolute atomic E-state index is 0.0983. The molecule has 0 saturated heterocycles. The molecule has 15 heteroatoms. The average molecular weight is 1780 g/mol. The summed E-state index contributed by atoms with van der Waals surface area (Å²) >= 11 is 1.68. The molecule has 2 aliphatic carbocycles. The number of imidazole rings is 2. The van der Waals surface area contributed by atoms with Crippen LogP contribution in [0.5, 0.6) is 23.0 Å². The molecule has 3 aliphatic heterocycles. The van der Waals surface area contributed by atoms with Crippen LogP contribution in [0.1, 0.15) is 296 Å². The summed E-state index contributed by atoms with van der Waals surface area (Å²) in [7, 11) is 0. The van der Waals surface area contributed by atoms with Crippen LogP contribution < -0.4 is 24.3 Å². The first kappa shape index (κ1) is 117. The molecule has 18 rings (SSSR count). The first-order valence-corrected chi connectivity index (χ1v) is 46.9. The highest BCUT2D eigenvalue weighted by Gasteiger charge is 2.16. The first-order valence-electron chi connectivity index (χ1n) is 46.0. The SMILES string of the molecule is CC(C)(C)C.CC(C)(C)C.CC(C)(C)C.CC(C)(C)C.CC(C)(C)C.CC(C)(C)C.CC(C)(C)C.CC(C)(C)C.CC(C)(C)C.O=C1Cc2ccccc2N1.c1cc2nc[nH]c2cn1.c1ccc2[nH]cnc2c1.c1ccc2c(c1)CCC2.c1ccc2c(c1)CCCC2.c1ccc2c(c1)OCCO2.c1ccc2c(c1)OCO2.c1ccc2ocnc2c1.c1ccc2scnc2c1. The highest BCUT2D eigenvalue weighted by Crippen LogP contribution is 2.31. The van der Waals surface area contributed by atoms with E-state index in [4.69, 9.17) is 23.4 Å². The fourth-order valence-electron chi connectivity index (χ4n) is 9.46. The normalized spacial score (nSPS) is 12.6. The van der Waals surface area contributed by atoms with Gasteiger partial charge in [0, 0.05) is 11.9 Å². The third-order valence-corrected chi connectivity index (χ3v) is 14.5. The summed E-state index contributed by atoms with van der Waals surface area (Å²) in [6.45, 7) is 80.4. The zero-order valence-electron chi connectivity index (χ0n) is 86.9. The summed E-state index contributed by atoms with van der Waals surface area (Å²) in [6, 6.07) is 66.2. The molecule has 0 spiro atoms. The molecular weight excluding hydrogens is 1610 g/mol. The fourth-order valence-corrected chi connectivity index (χ4v) is 10.1. The van der Waals surface area contributed by atoms with Crippen molar-refractivity contribution >= 4 is 66.3 Å². The lowest BCUT2D eigenvalue weighted by Crippen LogP contribution is -2.14. The molecular formula is C114H172N8O6S. The standard InChI is InChI=1S/C10H12.C9H10.C8H7NO.C8H8O2.C7H6N2.C7H5NO.C7H5NS.C7H6O2.C6H5N3.9C5H12/c1-2-6-10-8-4-3-7-9(10)5-1;1-2-5-9-7-3-6-8(9)4-1;10-8-5-6-3-1-2-4-7(6)9-8;1-2-4-8-7(3-1)9-5-6-10-8;4*1-2-4-7-6(3-1)8-5-9-7;1-2-7-3-6-5(1)8-4-9-6;9*1-5(2,3)4/h1-2,5-6H,3-4,7-8H2;1-2,4-5H,3,6-7H2;1-4H,5H2,(H,9,10);1-4H,5-6H2;1-5H,(H,8,9);2*1-5H;1-4H,5H2;1-4H,(H,8,9);9*1-4H3. The Morgan fingerprint density at radius 3 is 1.02 bits per heavy atom. The molecule has 129 heavy (non-hydrogen) atoms. The number of thiazole rings is 1. The molecule has 5 aliphatic rings. The number of fused-ring (bicyclic) bond motifs is 9. The maximum absolute atomic E-state index is 10.8. The number of carbonyl (C=O) groups excluding carboxylic acids is 1. The van der Waals surface area contributed by atoms with Gasteiger partial charge in [0.05, 0.1) is 63.1 Å². The van der Waals surface area contributed by atoms with E-state index < -0.39 is 0 Å². The smallest absolute Gasteiger partial charge is 0.231 e. The van der Waals surface area contributed by atoms with Crippen LogP contribution in [-0.2, 0) is 36.9 Å². The molecule has 13 aromatic rings. The van der Waals surface area contributed by atoms with Gasteiger partial charge in [0.1, 0.15) is 18.7 Å². The van der Waals surface area contributed by atoms with Gasteiger partial charge in [-0.25, -0.2) is 19.9 Å². The highest BCUT2D eigenvalue weighted by molar-refractivity contribution is 7.16. The molecule has 0 saturated carbocycles. The number of rotatable bonds is 0. The minimum atomic E-state index is 0.0983. The maximum atomic E-state index is 10.8. The second-order valence-electron chi connectivity index (χ2n) is 46.3. The number of para-hydroxylation sites is 10. The number of aryl methyl sites for hydroxylation is 4. The van der Waals surface area contributed by atoms with Crippen LogP contribution >= 0.6 is 11.3 Å². The Morgan fingerprint density at radius 2 is 0.636 bits per heavy atom. The lowest BCUT2D eigenvalue weighted by Gasteiger charge is -2.17. The Bertz CT molecular complexity index is 4230. The monoisotopic (exact) mass is 1780 g/mol. The van der Waals surface area contributed by atoms with Crippen LogP contribution in [-0.4, -0.2) is 60.8 Å². The molecule has 1 amide bonds. The van der Waals surface area contributed by atoms with Crippen molar-refractivity contribution in [3.05, 3.63) is 265 Å². The van der Waals surface area contributed by atoms with E-state index in [2.05, 4.69) is 344 Å². The molecule has 0 fully saturated rings. The molecule has 0 bridgehead atoms. The van der Waals surface area contributed by atoms with Gasteiger partial charge in [0.15, 0.2) is 35.0 Å². The van der Waals surface area contributed by atoms with Gasteiger partial charge in [-0.15, -0.1) is 11.3 Å². The van der Waals surface area contributed by atoms with Crippen molar-refractivity contribution in [2.75, 3.05) is 25.3 Å². The van der Waals surface area contributed by atoms with Crippen LogP contribution in [0, 0.1) is 48.7 Å². The molecule has 5 aromatic heterocycles. The van der Waals surface area contributed by atoms with Crippen molar-refractivity contribution in [2.45, 2.75) is 301 Å². The van der Waals surface area contributed by atoms with Gasteiger partial charge in [-0.1, -0.05) is 377 Å². The number of pyridine rings is 1. The van der Waals surface area contributed by atoms with Gasteiger partial charge in [0.2, 0.25) is 12.7 Å². The van der Waals surface area contributed by atoms with E-state index in [1.54, 1.807) is 58.6 Å². The van der Waals surface area contributed by atoms with E-state index in [1.807, 2.05) is 151 Å². The van der Waals surface area contributed by atoms with Gasteiger partial charge in [0.25, 0.3) is 0 Å². The Labute approximate surface area is 787 Å². The number of aromatic amines is 2. The van der Waals surface area contributed by atoms with E-state index in [1.165, 1.54) is 56.0 Å². The fraction of sp³-hybridized carbons (Fsp3) is 0.491. The number of carbonyl (C=O) groups is 1. The number of nitrogens with zero attached hydrogens (tertiary/aromatic N) is 5. The molecule has 0 unspecified atom stereocenters. The number of oxazole rings is 1. The van der Waals surface area contributed by atoms with Crippen LogP contribution in [0.2, 0.25) is 0 Å². The van der Waals surface area contributed by atoms with Gasteiger partial charge in [-0.05, 0) is 194 Å². The highest BCUT2D eigenvalue weighted by atomic mass is 32.1. The number of H-pyrrole nitrogens is 2. The molecule has 0 radical (unpaired) electrons. The zero-order chi connectivity index (χ0) is 97.7. The number of aromatic nitrogens is 7. The number of nitrogens with one attached hydrogen (secondary N) is 3. The van der Waals surface area contributed by atoms with Crippen LogP contribution in [0.3, 0.4) is 0 Å². The number of ether oxygens (including phenoxy) is 4. The van der Waals surface area contributed by atoms with Crippen molar-refractivity contribution in [2.24, 2.45) is 48.7 Å². The van der Waals surface area contributed by atoms with E-state index in [0.717, 1.165) is 72.9 Å². The Hall–Kier alpha value is -10.1. The lowest BCUT2D eigenvalue weighted by molar-refractivity contribution is -0.115. The van der Waals surface area contributed by atoms with Crippen LogP contribution in [0.15, 0.2) is 242 Å². The predicted molar refractivity (Wildman–Crippen MR) is 560 cm³/mol. The Morgan fingerprint density at radius 1 is 0.310 bits per heavy atom. The van der Waals surface area contributed by atoms with Crippen LogP contribution in [0.25, 0.3) is 43.4 Å². The second-order valence-corrected chi connectivity index (χ2v) is 47.2. The Balaban J connectivity index is 0.000000689. The topological polar surface area (TPSA) is 175 Å². The largest absolute Gasteiger partial charge is 0.486 e. The lowest BCUT2D eigenvalue weighted by atomic mass is 9.92. The number of hydrogen-bond acceptors (Lipinski definition) is 12. The minimum Gasteiger partial charge on any atom is -0.486 e. The van der Waals surface area contributed by atoms with E-state index in [9.17, 15) is 4.79 Å². The molecule has 14 nitrogen and oxygen atoms in total. The average Bonchev–Trinajstić information content (AvgIpc) is 1.76. The zero-order valence-corrected chi connectivity index (χ0v) is 87.7. The van der Waals surface area contributed by atoms with E-state index >= 15 is 0 Å². The summed E-state index contributed by atoms with van der Waals surface area (Å²) in [5.41, 5.74) is 21.7. The summed E-state index contributed by atoms with van der Waals surface area (Å²) in [5, 5.41) is 2.76. The molecule has 710 valence electrons. The summed E-state index contributed by atoms with van der Waals surface area (Å²) in [6.07, 6.45) is 18.2. The van der Waals surface area contributed by atoms with Gasteiger partial charge in [-0.2, -0.15) is 0 Å². The van der Waals surface area contributed by atoms with Crippen LogP contribution in [0.4, 0.5) is 5.69 Å². The maximum Gasteiger partial charge on any atom is 0.231 e. The summed E-state index contributed by atoms with van der Waals surface area (Å²) in [5.74, 6) is 3.50. The van der Waals surface area contributed by atoms with Crippen molar-refractivity contribution in [3.8, 4) is 23.0 Å². The summed E-state index contributed by atoms with van der Waals surface area (Å²) in [4.78, 5) is 36.8. The van der Waals surface area contributed by atoms with Gasteiger partial charge < -0.3 is 38.6 Å². The molecule has 0 atom stereocenters. The number of benzene rings is 8. The number of anilines is 1. The third kappa shape index (κ3) is 73.4. The van der Waals surface area contributed by atoms with E-state index in [-0.39, 0.29) is 5.91 Å². The number of hydrogen-bond donors (Lipinski definition) is 3. The molecule has 8 heterocycles. The third-order valence-electron chi connectivity index (χ3n) is 13.7. The first-order chi connectivity index (χ1) is 59.6. The quantitative estimate of drug-likeness (QED) is 0.132. The summed E-state index contributed by atoms with van der Waals surface area (Å²) < 4.78 is 27.0. The van der Waals surface area contributed by atoms with Gasteiger partial charge >= 0.3 is 0 Å². The number of amides is 1. The second kappa shape index (κ2) is 59.2.